The fraction of sp³-hybridized carbons (Fsp3) is 0.793. The average molecular weight is 517 g/mol. The fourth-order valence-electron chi connectivity index (χ4n) is 8.34. The topological polar surface area (TPSA) is 125 Å². The van der Waals surface area contributed by atoms with E-state index in [9.17, 15) is 24.6 Å². The Morgan fingerprint density at radius 2 is 1.81 bits per heavy atom. The van der Waals surface area contributed by atoms with Gasteiger partial charge >= 0.3 is 5.97 Å². The van der Waals surface area contributed by atoms with Gasteiger partial charge in [-0.15, -0.1) is 0 Å². The number of oxime groups is 1. The second-order valence-corrected chi connectivity index (χ2v) is 12.9. The van der Waals surface area contributed by atoms with Crippen LogP contribution in [-0.2, 0) is 19.2 Å². The van der Waals surface area contributed by atoms with E-state index in [1.165, 1.54) is 5.57 Å². The van der Waals surface area contributed by atoms with Crippen LogP contribution in [0.3, 0.4) is 0 Å². The first-order chi connectivity index (χ1) is 17.3. The maximum absolute atomic E-state index is 12.4. The second-order valence-electron chi connectivity index (χ2n) is 12.9. The summed E-state index contributed by atoms with van der Waals surface area (Å²) in [4.78, 5) is 41.3. The number of hydrogen-bond acceptors (Lipinski definition) is 6. The molecule has 0 aromatic rings. The number of fused-ring (bicyclic) bond motifs is 5. The molecule has 0 bridgehead atoms. The number of carboxylic acid groups (broad SMARTS) is 1. The van der Waals surface area contributed by atoms with Crippen molar-refractivity contribution in [3.63, 3.8) is 0 Å². The highest BCUT2D eigenvalue weighted by molar-refractivity contribution is 5.96. The van der Waals surface area contributed by atoms with Crippen LogP contribution in [-0.4, -0.2) is 51.8 Å². The summed E-state index contributed by atoms with van der Waals surface area (Å²) in [6, 6.07) is -0.930. The van der Waals surface area contributed by atoms with Crippen LogP contribution in [0, 0.1) is 34.5 Å². The predicted molar refractivity (Wildman–Crippen MR) is 140 cm³/mol. The number of aliphatic hydroxyl groups is 1. The number of hydrogen-bond donors (Lipinski definition) is 3. The summed E-state index contributed by atoms with van der Waals surface area (Å²) < 4.78 is 0. The smallest absolute Gasteiger partial charge is 0.326 e. The van der Waals surface area contributed by atoms with E-state index in [0.29, 0.717) is 30.6 Å². The SMILES string of the molecule is CC(=O)[C@@]1(O)CC[C@H]2[C@@H]3CCC4=CC(=NOCC(=O)NC(CC(C)C)C(=O)O)CC[C@]4(C)[C@H]3CC[C@@]21C. The van der Waals surface area contributed by atoms with Crippen LogP contribution in [0.15, 0.2) is 16.8 Å². The van der Waals surface area contributed by atoms with Crippen molar-refractivity contribution in [1.82, 2.24) is 5.32 Å². The Morgan fingerprint density at radius 1 is 1.11 bits per heavy atom. The molecule has 8 nitrogen and oxygen atoms in total. The van der Waals surface area contributed by atoms with Crippen LogP contribution < -0.4 is 5.32 Å². The van der Waals surface area contributed by atoms with Crippen LogP contribution >= 0.6 is 0 Å². The molecule has 1 amide bonds. The molecule has 3 saturated carbocycles. The van der Waals surface area contributed by atoms with E-state index in [1.54, 1.807) is 6.92 Å². The van der Waals surface area contributed by atoms with E-state index < -0.39 is 23.5 Å². The van der Waals surface area contributed by atoms with Crippen LogP contribution in [0.4, 0.5) is 0 Å². The minimum Gasteiger partial charge on any atom is -0.480 e. The molecule has 206 valence electrons. The van der Waals surface area contributed by atoms with Gasteiger partial charge in [-0.1, -0.05) is 38.4 Å². The molecular formula is C29H44N2O6. The number of carboxylic acids is 1. The maximum atomic E-state index is 12.4. The Bertz CT molecular complexity index is 1000. The number of nitrogens with zero attached hydrogens (tertiary/aromatic N) is 1. The molecular weight excluding hydrogens is 472 g/mol. The molecule has 0 radical (unpaired) electrons. The largest absolute Gasteiger partial charge is 0.480 e. The summed E-state index contributed by atoms with van der Waals surface area (Å²) >= 11 is 0. The van der Waals surface area contributed by atoms with Gasteiger partial charge in [0.1, 0.15) is 11.6 Å². The van der Waals surface area contributed by atoms with Crippen molar-refractivity contribution in [2.75, 3.05) is 6.61 Å². The van der Waals surface area contributed by atoms with Crippen molar-refractivity contribution in [2.24, 2.45) is 39.7 Å². The maximum Gasteiger partial charge on any atom is 0.326 e. The van der Waals surface area contributed by atoms with Crippen molar-refractivity contribution in [1.29, 1.82) is 0 Å². The lowest BCUT2D eigenvalue weighted by Crippen LogP contribution is -2.57. The number of carbonyl (C=O) groups excluding carboxylic acids is 2. The zero-order chi connectivity index (χ0) is 27.2. The van der Waals surface area contributed by atoms with Crippen LogP contribution in [0.5, 0.6) is 0 Å². The molecule has 0 saturated heterocycles. The standard InChI is InChI=1S/C29H44N2O6/c1-17(2)14-24(26(34)35)30-25(33)16-37-31-20-8-11-27(4)19(15-20)6-7-21-22(27)9-12-28(5)23(21)10-13-29(28,36)18(3)32/h15,17,21-24,36H,6-14,16H2,1-5H3,(H,30,33)(H,34,35)/t21-,22+,23+,24?,27+,28+,29+/m1/s1. The van der Waals surface area contributed by atoms with Gasteiger partial charge in [0, 0.05) is 5.41 Å². The summed E-state index contributed by atoms with van der Waals surface area (Å²) in [6.45, 7) is 9.58. The molecule has 0 spiro atoms. The number of nitrogens with one attached hydrogen (secondary N) is 1. The van der Waals surface area contributed by atoms with Gasteiger partial charge in [0.25, 0.3) is 5.91 Å². The molecule has 8 heteroatoms. The summed E-state index contributed by atoms with van der Waals surface area (Å²) in [5, 5.41) is 27.4. The molecule has 1 unspecified atom stereocenters. The fourth-order valence-corrected chi connectivity index (χ4v) is 8.34. The molecule has 7 atom stereocenters. The Morgan fingerprint density at radius 3 is 2.46 bits per heavy atom. The Balaban J connectivity index is 1.40. The van der Waals surface area contributed by atoms with E-state index >= 15 is 0 Å². The number of carbonyl (C=O) groups is 3. The van der Waals surface area contributed by atoms with Crippen molar-refractivity contribution in [3.05, 3.63) is 11.6 Å². The van der Waals surface area contributed by atoms with Gasteiger partial charge in [0.2, 0.25) is 0 Å². The third-order valence-corrected chi connectivity index (χ3v) is 10.4. The van der Waals surface area contributed by atoms with Gasteiger partial charge in [0.05, 0.1) is 5.71 Å². The van der Waals surface area contributed by atoms with Crippen LogP contribution in [0.25, 0.3) is 0 Å². The van der Waals surface area contributed by atoms with E-state index in [0.717, 1.165) is 50.7 Å². The number of allylic oxidation sites excluding steroid dienone is 2. The normalized spacial score (nSPS) is 38.7. The number of ketones is 1. The zero-order valence-electron chi connectivity index (χ0n) is 23.0. The first kappa shape index (κ1) is 27.8. The summed E-state index contributed by atoms with van der Waals surface area (Å²) in [6.07, 6.45) is 9.66. The van der Waals surface area contributed by atoms with Crippen molar-refractivity contribution < 1.29 is 29.4 Å². The minimum atomic E-state index is -1.19. The summed E-state index contributed by atoms with van der Waals surface area (Å²) in [5.74, 6) is -0.0502. The average Bonchev–Trinajstić information content (AvgIpc) is 3.10. The zero-order valence-corrected chi connectivity index (χ0v) is 23.0. The molecule has 4 aliphatic carbocycles. The molecule has 3 N–H and O–H groups in total. The first-order valence-corrected chi connectivity index (χ1v) is 14.0. The highest BCUT2D eigenvalue weighted by Gasteiger charge is 2.65. The lowest BCUT2D eigenvalue weighted by atomic mass is 9.46. The van der Waals surface area contributed by atoms with Crippen LogP contribution in [0.2, 0.25) is 0 Å². The number of amides is 1. The third kappa shape index (κ3) is 4.86. The monoisotopic (exact) mass is 516 g/mol. The molecule has 4 rings (SSSR count). The van der Waals surface area contributed by atoms with E-state index in [-0.39, 0.29) is 29.1 Å². The van der Waals surface area contributed by atoms with Gasteiger partial charge in [-0.2, -0.15) is 0 Å². The molecule has 37 heavy (non-hydrogen) atoms. The van der Waals surface area contributed by atoms with Gasteiger partial charge in [-0.3, -0.25) is 9.59 Å². The quantitative estimate of drug-likeness (QED) is 0.414. The van der Waals surface area contributed by atoms with E-state index in [1.807, 2.05) is 13.8 Å². The summed E-state index contributed by atoms with van der Waals surface area (Å²) in [5.41, 5.74) is 0.765. The predicted octanol–water partition coefficient (Wildman–Crippen LogP) is 4.26. The first-order valence-electron chi connectivity index (χ1n) is 14.0. The van der Waals surface area contributed by atoms with Crippen molar-refractivity contribution >= 4 is 23.4 Å². The lowest BCUT2D eigenvalue weighted by molar-refractivity contribution is -0.159. The number of aliphatic carboxylic acids is 1. The van der Waals surface area contributed by atoms with Crippen molar-refractivity contribution in [2.45, 2.75) is 104 Å². The van der Waals surface area contributed by atoms with Crippen molar-refractivity contribution in [3.8, 4) is 0 Å². The molecule has 0 aromatic heterocycles. The Labute approximate surface area is 220 Å². The molecule has 0 aliphatic heterocycles. The molecule has 0 heterocycles. The van der Waals surface area contributed by atoms with Gasteiger partial charge in [-0.25, -0.2) is 4.79 Å². The van der Waals surface area contributed by atoms with Gasteiger partial charge in [-0.05, 0) is 99.9 Å². The van der Waals surface area contributed by atoms with E-state index in [4.69, 9.17) is 4.84 Å². The minimum absolute atomic E-state index is 0.0725. The lowest BCUT2D eigenvalue weighted by Gasteiger charge is -2.59. The van der Waals surface area contributed by atoms with Crippen LogP contribution in [0.1, 0.15) is 92.4 Å². The Kier molecular flexibility index (Phi) is 7.63. The number of Topliss-reactive ketones (excluding diaryl/α,β-unsaturated/α-hetero) is 1. The second kappa shape index (κ2) is 10.2. The number of rotatable bonds is 8. The van der Waals surface area contributed by atoms with Gasteiger partial charge in [0.15, 0.2) is 12.4 Å². The van der Waals surface area contributed by atoms with E-state index in [2.05, 4.69) is 30.4 Å². The molecule has 4 aliphatic rings. The highest BCUT2D eigenvalue weighted by Crippen LogP contribution is 2.67. The summed E-state index contributed by atoms with van der Waals surface area (Å²) in [7, 11) is 0. The Hall–Kier alpha value is -2.22. The highest BCUT2D eigenvalue weighted by atomic mass is 16.6. The third-order valence-electron chi connectivity index (χ3n) is 10.4. The molecule has 3 fully saturated rings. The molecule has 0 aromatic carbocycles. The van der Waals surface area contributed by atoms with Gasteiger partial charge < -0.3 is 20.4 Å².